The van der Waals surface area contributed by atoms with Gasteiger partial charge in [0.1, 0.15) is 12.1 Å². The van der Waals surface area contributed by atoms with Crippen LogP contribution < -0.4 is 21.7 Å². The molecule has 2 unspecified atom stereocenters. The third-order valence-electron chi connectivity index (χ3n) is 3.07. The molecule has 13 nitrogen and oxygen atoms in total. The van der Waals surface area contributed by atoms with Gasteiger partial charge in [-0.1, -0.05) is 0 Å². The maximum atomic E-state index is 12.0. The lowest BCUT2D eigenvalue weighted by atomic mass is 10.2. The number of carbonyl (C=O) groups is 6. The lowest BCUT2D eigenvalue weighted by molar-refractivity contribution is -0.142. The molecular formula is C16H22N4O9. The second-order valence-electron chi connectivity index (χ2n) is 5.21. The third kappa shape index (κ3) is 11.6. The summed E-state index contributed by atoms with van der Waals surface area (Å²) in [5.74, 6) is -5.41. The zero-order valence-electron chi connectivity index (χ0n) is 15.7. The Hall–Kier alpha value is -3.74. The first-order valence-electron chi connectivity index (χ1n) is 7.97. The Morgan fingerprint density at radius 3 is 1.72 bits per heavy atom. The first-order valence-corrected chi connectivity index (χ1v) is 7.97. The molecule has 2 atom stereocenters. The Morgan fingerprint density at radius 1 is 0.862 bits per heavy atom. The van der Waals surface area contributed by atoms with Crippen LogP contribution in [0.25, 0.3) is 0 Å². The molecule has 0 fully saturated rings. The number of ether oxygens (including phenoxy) is 2. The van der Waals surface area contributed by atoms with E-state index in [0.717, 1.165) is 38.5 Å². The molecule has 0 aromatic rings. The van der Waals surface area contributed by atoms with Gasteiger partial charge in [0.05, 0.1) is 14.2 Å². The van der Waals surface area contributed by atoms with Crippen LogP contribution in [0.2, 0.25) is 0 Å². The van der Waals surface area contributed by atoms with Crippen molar-refractivity contribution in [1.29, 1.82) is 0 Å². The molecule has 0 aliphatic rings. The summed E-state index contributed by atoms with van der Waals surface area (Å²) in [4.78, 5) is 67.8. The second kappa shape index (κ2) is 13.4. The van der Waals surface area contributed by atoms with Crippen molar-refractivity contribution in [2.24, 2.45) is 5.73 Å². The van der Waals surface area contributed by atoms with Crippen LogP contribution in [0.15, 0.2) is 24.3 Å². The molecule has 13 heteroatoms. The SMILES string of the molecule is COC(=O)/C=C/C(=O)NCC(N)C(=O)NC(CNC(=O)/C=C/C(=O)OC)C(=O)O. The minimum absolute atomic E-state index is 0.350. The highest BCUT2D eigenvalue weighted by atomic mass is 16.5. The summed E-state index contributed by atoms with van der Waals surface area (Å²) in [5, 5.41) is 15.6. The number of hydrogen-bond acceptors (Lipinski definition) is 9. The fraction of sp³-hybridized carbons (Fsp3) is 0.375. The van der Waals surface area contributed by atoms with E-state index in [4.69, 9.17) is 10.8 Å². The predicted molar refractivity (Wildman–Crippen MR) is 95.9 cm³/mol. The number of aliphatic carboxylic acids is 1. The van der Waals surface area contributed by atoms with Gasteiger partial charge in [-0.3, -0.25) is 14.4 Å². The van der Waals surface area contributed by atoms with Crippen molar-refractivity contribution >= 4 is 35.6 Å². The summed E-state index contributed by atoms with van der Waals surface area (Å²) in [6, 6.07) is -2.82. The summed E-state index contributed by atoms with van der Waals surface area (Å²) < 4.78 is 8.58. The van der Waals surface area contributed by atoms with Crippen molar-refractivity contribution in [3.63, 3.8) is 0 Å². The molecular weight excluding hydrogens is 392 g/mol. The van der Waals surface area contributed by atoms with Gasteiger partial charge in [0.25, 0.3) is 0 Å². The van der Waals surface area contributed by atoms with E-state index in [1.54, 1.807) is 0 Å². The van der Waals surface area contributed by atoms with Gasteiger partial charge in [0.2, 0.25) is 17.7 Å². The topological polar surface area (TPSA) is 203 Å². The van der Waals surface area contributed by atoms with Crippen molar-refractivity contribution in [3.05, 3.63) is 24.3 Å². The minimum Gasteiger partial charge on any atom is -0.480 e. The fourth-order valence-electron chi connectivity index (χ4n) is 1.53. The van der Waals surface area contributed by atoms with E-state index < -0.39 is 54.3 Å². The van der Waals surface area contributed by atoms with Crippen LogP contribution in [0.4, 0.5) is 0 Å². The highest BCUT2D eigenvalue weighted by Gasteiger charge is 2.23. The van der Waals surface area contributed by atoms with Crippen LogP contribution in [-0.4, -0.2) is 80.1 Å². The van der Waals surface area contributed by atoms with E-state index in [-0.39, 0.29) is 6.54 Å². The van der Waals surface area contributed by atoms with Crippen molar-refractivity contribution in [2.75, 3.05) is 27.3 Å². The van der Waals surface area contributed by atoms with Crippen molar-refractivity contribution in [2.45, 2.75) is 12.1 Å². The van der Waals surface area contributed by atoms with Gasteiger partial charge < -0.3 is 36.3 Å². The molecule has 0 saturated carbocycles. The molecule has 6 N–H and O–H groups in total. The zero-order valence-corrected chi connectivity index (χ0v) is 15.7. The molecule has 0 saturated heterocycles. The van der Waals surface area contributed by atoms with Crippen LogP contribution in [0.5, 0.6) is 0 Å². The Kier molecular flexibility index (Phi) is 11.7. The number of carbonyl (C=O) groups excluding carboxylic acids is 5. The summed E-state index contributed by atoms with van der Waals surface area (Å²) in [7, 11) is 2.24. The molecule has 0 rings (SSSR count). The lowest BCUT2D eigenvalue weighted by Gasteiger charge is -2.18. The van der Waals surface area contributed by atoms with Crippen molar-refractivity contribution in [1.82, 2.24) is 16.0 Å². The normalized spacial score (nSPS) is 12.7. The Balaban J connectivity index is 4.56. The lowest BCUT2D eigenvalue weighted by Crippen LogP contribution is -2.55. The van der Waals surface area contributed by atoms with E-state index >= 15 is 0 Å². The van der Waals surface area contributed by atoms with Crippen molar-refractivity contribution < 1.29 is 43.3 Å². The number of carboxylic acids is 1. The van der Waals surface area contributed by atoms with E-state index in [1.807, 2.05) is 0 Å². The molecule has 0 aromatic heterocycles. The van der Waals surface area contributed by atoms with Gasteiger partial charge >= 0.3 is 17.9 Å². The summed E-state index contributed by atoms with van der Waals surface area (Å²) in [6.07, 6.45) is 3.39. The average Bonchev–Trinajstić information content (AvgIpc) is 2.70. The summed E-state index contributed by atoms with van der Waals surface area (Å²) >= 11 is 0. The van der Waals surface area contributed by atoms with Crippen molar-refractivity contribution in [3.8, 4) is 0 Å². The Morgan fingerprint density at radius 2 is 1.31 bits per heavy atom. The van der Waals surface area contributed by atoms with E-state index in [9.17, 15) is 28.8 Å². The molecule has 0 heterocycles. The number of carboxylic acid groups (broad SMARTS) is 1. The molecule has 0 aliphatic heterocycles. The molecule has 0 bridgehead atoms. The van der Waals surface area contributed by atoms with Crippen LogP contribution in [0.1, 0.15) is 0 Å². The highest BCUT2D eigenvalue weighted by Crippen LogP contribution is 1.88. The van der Waals surface area contributed by atoms with E-state index in [2.05, 4.69) is 25.4 Å². The molecule has 160 valence electrons. The average molecular weight is 414 g/mol. The maximum Gasteiger partial charge on any atom is 0.330 e. The molecule has 0 aliphatic carbocycles. The monoisotopic (exact) mass is 414 g/mol. The first kappa shape index (κ1) is 25.3. The molecule has 0 aromatic carbocycles. The van der Waals surface area contributed by atoms with Crippen LogP contribution in [0, 0.1) is 0 Å². The molecule has 29 heavy (non-hydrogen) atoms. The van der Waals surface area contributed by atoms with Gasteiger partial charge in [0.15, 0.2) is 0 Å². The van der Waals surface area contributed by atoms with Crippen LogP contribution >= 0.6 is 0 Å². The number of hydrogen-bond donors (Lipinski definition) is 5. The second-order valence-corrected chi connectivity index (χ2v) is 5.21. The zero-order chi connectivity index (χ0) is 22.4. The Labute approximate surface area is 165 Å². The number of methoxy groups -OCH3 is 2. The smallest absolute Gasteiger partial charge is 0.330 e. The van der Waals surface area contributed by atoms with Gasteiger partial charge in [-0.2, -0.15) is 0 Å². The number of amides is 3. The number of nitrogens with two attached hydrogens (primary N) is 1. The van der Waals surface area contributed by atoms with Gasteiger partial charge in [0, 0.05) is 37.4 Å². The highest BCUT2D eigenvalue weighted by molar-refractivity contribution is 5.96. The molecule has 0 spiro atoms. The number of nitrogens with one attached hydrogen (secondary N) is 3. The molecule has 0 radical (unpaired) electrons. The quantitative estimate of drug-likeness (QED) is 0.167. The maximum absolute atomic E-state index is 12.0. The third-order valence-corrected chi connectivity index (χ3v) is 3.07. The molecule has 3 amide bonds. The summed E-state index contributed by atoms with van der Waals surface area (Å²) in [5.41, 5.74) is 5.56. The largest absolute Gasteiger partial charge is 0.480 e. The standard InChI is InChI=1S/C16H22N4O9/c1-28-13(23)5-3-11(21)18-7-9(17)15(25)20-10(16(26)27)8-19-12(22)4-6-14(24)29-2/h3-6,9-10H,7-8,17H2,1-2H3,(H,18,21)(H,19,22)(H,20,25)(H,26,27)/b5-3+,6-4+. The van der Waals surface area contributed by atoms with E-state index in [1.165, 1.54) is 0 Å². The fourth-order valence-corrected chi connectivity index (χ4v) is 1.53. The predicted octanol–water partition coefficient (Wildman–Crippen LogP) is -3.43. The Bertz CT molecular complexity index is 703. The number of esters is 2. The summed E-state index contributed by atoms with van der Waals surface area (Å²) in [6.45, 7) is -0.844. The van der Waals surface area contributed by atoms with Crippen LogP contribution in [-0.2, 0) is 38.2 Å². The van der Waals surface area contributed by atoms with Gasteiger partial charge in [-0.05, 0) is 0 Å². The van der Waals surface area contributed by atoms with Crippen LogP contribution in [0.3, 0.4) is 0 Å². The minimum atomic E-state index is -1.51. The van der Waals surface area contributed by atoms with Gasteiger partial charge in [-0.25, -0.2) is 14.4 Å². The van der Waals surface area contributed by atoms with E-state index in [0.29, 0.717) is 0 Å². The van der Waals surface area contributed by atoms with Gasteiger partial charge in [-0.15, -0.1) is 0 Å². The first-order chi connectivity index (χ1) is 13.6. The number of rotatable bonds is 11.